The molecule has 0 bridgehead atoms. The number of nitrogens with two attached hydrogens (primary N) is 1. The zero-order chi connectivity index (χ0) is 10.8. The van der Waals surface area contributed by atoms with Crippen molar-refractivity contribution in [3.05, 3.63) is 0 Å². The first-order valence-corrected chi connectivity index (χ1v) is 5.99. The molecule has 0 heterocycles. The van der Waals surface area contributed by atoms with Crippen LogP contribution in [0, 0.1) is 5.92 Å². The van der Waals surface area contributed by atoms with E-state index < -0.39 is 0 Å². The van der Waals surface area contributed by atoms with Crippen molar-refractivity contribution >= 4 is 5.78 Å². The fourth-order valence-corrected chi connectivity index (χ4v) is 1.69. The van der Waals surface area contributed by atoms with E-state index in [1.807, 2.05) is 0 Å². The maximum absolute atomic E-state index is 11.6. The molecule has 1 unspecified atom stereocenters. The summed E-state index contributed by atoms with van der Waals surface area (Å²) in [5.74, 6) is 0.507. The number of rotatable bonds is 9. The number of Topliss-reactive ketones (excluding diaryl/α,β-unsaturated/α-hetero) is 1. The third-order valence-electron chi connectivity index (χ3n) is 2.65. The second kappa shape index (κ2) is 9.20. The molecule has 0 rings (SSSR count). The Morgan fingerprint density at radius 2 is 1.86 bits per heavy atom. The van der Waals surface area contributed by atoms with Crippen LogP contribution < -0.4 is 5.73 Å². The van der Waals surface area contributed by atoms with Crippen molar-refractivity contribution in [1.82, 2.24) is 0 Å². The Kier molecular flexibility index (Phi) is 8.95. The molecule has 0 saturated carbocycles. The normalized spacial score (nSPS) is 12.8. The Bertz CT molecular complexity index is 145. The Labute approximate surface area is 88.3 Å². The van der Waals surface area contributed by atoms with Gasteiger partial charge in [0.05, 0.1) is 0 Å². The molecular weight excluding hydrogens is 174 g/mol. The van der Waals surface area contributed by atoms with Crippen LogP contribution in [0.4, 0.5) is 0 Å². The maximum Gasteiger partial charge on any atom is 0.137 e. The molecule has 1 atom stereocenters. The summed E-state index contributed by atoms with van der Waals surface area (Å²) in [6.45, 7) is 4.81. The van der Waals surface area contributed by atoms with E-state index in [1.165, 1.54) is 19.3 Å². The average molecular weight is 199 g/mol. The highest BCUT2D eigenvalue weighted by atomic mass is 16.1. The number of hydrogen-bond donors (Lipinski definition) is 1. The molecular formula is C12H25NO. The molecule has 0 aliphatic carbocycles. The van der Waals surface area contributed by atoms with Crippen molar-refractivity contribution in [1.29, 1.82) is 0 Å². The minimum atomic E-state index is 0.127. The Morgan fingerprint density at radius 3 is 2.36 bits per heavy atom. The zero-order valence-electron chi connectivity index (χ0n) is 9.72. The van der Waals surface area contributed by atoms with Crippen LogP contribution in [0.5, 0.6) is 0 Å². The first kappa shape index (κ1) is 13.6. The van der Waals surface area contributed by atoms with Crippen LogP contribution in [0.15, 0.2) is 0 Å². The van der Waals surface area contributed by atoms with Gasteiger partial charge in [0.15, 0.2) is 0 Å². The van der Waals surface area contributed by atoms with Gasteiger partial charge in [-0.1, -0.05) is 39.5 Å². The molecule has 0 aliphatic heterocycles. The van der Waals surface area contributed by atoms with E-state index in [1.54, 1.807) is 0 Å². The molecule has 2 N–H and O–H groups in total. The number of ketones is 1. The molecule has 0 saturated heterocycles. The van der Waals surface area contributed by atoms with Crippen molar-refractivity contribution in [3.8, 4) is 0 Å². The number of hydrogen-bond acceptors (Lipinski definition) is 2. The second-order valence-corrected chi connectivity index (χ2v) is 4.00. The monoisotopic (exact) mass is 199 g/mol. The smallest absolute Gasteiger partial charge is 0.137 e. The van der Waals surface area contributed by atoms with Crippen molar-refractivity contribution in [2.24, 2.45) is 11.7 Å². The maximum atomic E-state index is 11.6. The first-order valence-electron chi connectivity index (χ1n) is 5.99. The van der Waals surface area contributed by atoms with Crippen LogP contribution in [0.3, 0.4) is 0 Å². The predicted molar refractivity (Wildman–Crippen MR) is 61.2 cm³/mol. The Balaban J connectivity index is 3.58. The summed E-state index contributed by atoms with van der Waals surface area (Å²) in [5, 5.41) is 0. The van der Waals surface area contributed by atoms with Gasteiger partial charge in [0.2, 0.25) is 0 Å². The van der Waals surface area contributed by atoms with Crippen molar-refractivity contribution in [2.45, 2.75) is 58.8 Å². The SMILES string of the molecule is CCCCCCC(=O)C(CN)CCC. The summed E-state index contributed by atoms with van der Waals surface area (Å²) in [5.41, 5.74) is 5.57. The molecule has 0 spiro atoms. The van der Waals surface area contributed by atoms with Gasteiger partial charge in [-0.05, 0) is 12.8 Å². The molecule has 0 amide bonds. The number of carbonyl (C=O) groups is 1. The van der Waals surface area contributed by atoms with Crippen molar-refractivity contribution in [3.63, 3.8) is 0 Å². The van der Waals surface area contributed by atoms with E-state index in [-0.39, 0.29) is 5.92 Å². The molecule has 2 heteroatoms. The molecule has 0 radical (unpaired) electrons. The molecule has 0 fully saturated rings. The largest absolute Gasteiger partial charge is 0.330 e. The fourth-order valence-electron chi connectivity index (χ4n) is 1.69. The highest BCUT2D eigenvalue weighted by Gasteiger charge is 2.14. The zero-order valence-corrected chi connectivity index (χ0v) is 9.72. The molecule has 0 aromatic rings. The predicted octanol–water partition coefficient (Wildman–Crippen LogP) is 2.90. The van der Waals surface area contributed by atoms with Crippen molar-refractivity contribution < 1.29 is 4.79 Å². The quantitative estimate of drug-likeness (QED) is 0.580. The van der Waals surface area contributed by atoms with Gasteiger partial charge in [0.1, 0.15) is 5.78 Å². The van der Waals surface area contributed by atoms with E-state index in [2.05, 4.69) is 13.8 Å². The van der Waals surface area contributed by atoms with Crippen LogP contribution in [-0.2, 0) is 4.79 Å². The summed E-state index contributed by atoms with van der Waals surface area (Å²) < 4.78 is 0. The lowest BCUT2D eigenvalue weighted by Crippen LogP contribution is -2.23. The van der Waals surface area contributed by atoms with Gasteiger partial charge in [-0.3, -0.25) is 4.79 Å². The summed E-state index contributed by atoms with van der Waals surface area (Å²) in [6.07, 6.45) is 7.46. The van der Waals surface area contributed by atoms with Crippen LogP contribution in [0.25, 0.3) is 0 Å². The van der Waals surface area contributed by atoms with Crippen LogP contribution in [0.2, 0.25) is 0 Å². The lowest BCUT2D eigenvalue weighted by atomic mass is 9.95. The van der Waals surface area contributed by atoms with Crippen LogP contribution in [0.1, 0.15) is 58.8 Å². The van der Waals surface area contributed by atoms with E-state index in [0.29, 0.717) is 12.3 Å². The topological polar surface area (TPSA) is 43.1 Å². The Hall–Kier alpha value is -0.370. The van der Waals surface area contributed by atoms with Gasteiger partial charge in [0.25, 0.3) is 0 Å². The van der Waals surface area contributed by atoms with Crippen LogP contribution in [-0.4, -0.2) is 12.3 Å². The number of carbonyl (C=O) groups excluding carboxylic acids is 1. The second-order valence-electron chi connectivity index (χ2n) is 4.00. The average Bonchev–Trinajstić information content (AvgIpc) is 2.20. The lowest BCUT2D eigenvalue weighted by Gasteiger charge is -2.11. The molecule has 0 aliphatic rings. The van der Waals surface area contributed by atoms with E-state index >= 15 is 0 Å². The van der Waals surface area contributed by atoms with E-state index in [0.717, 1.165) is 25.7 Å². The molecule has 0 aromatic carbocycles. The minimum absolute atomic E-state index is 0.127. The van der Waals surface area contributed by atoms with Crippen molar-refractivity contribution in [2.75, 3.05) is 6.54 Å². The van der Waals surface area contributed by atoms with Gasteiger partial charge in [0, 0.05) is 18.9 Å². The van der Waals surface area contributed by atoms with Gasteiger partial charge >= 0.3 is 0 Å². The molecule has 2 nitrogen and oxygen atoms in total. The standard InChI is InChI=1S/C12H25NO/c1-3-5-6-7-9-12(14)11(10-13)8-4-2/h11H,3-10,13H2,1-2H3. The van der Waals surface area contributed by atoms with Gasteiger partial charge < -0.3 is 5.73 Å². The summed E-state index contributed by atoms with van der Waals surface area (Å²) >= 11 is 0. The molecule has 0 aromatic heterocycles. The van der Waals surface area contributed by atoms with Gasteiger partial charge in [-0.2, -0.15) is 0 Å². The third kappa shape index (κ3) is 6.14. The first-order chi connectivity index (χ1) is 6.76. The summed E-state index contributed by atoms with van der Waals surface area (Å²) in [7, 11) is 0. The highest BCUT2D eigenvalue weighted by Crippen LogP contribution is 2.11. The minimum Gasteiger partial charge on any atom is -0.330 e. The fraction of sp³-hybridized carbons (Fsp3) is 0.917. The summed E-state index contributed by atoms with van der Waals surface area (Å²) in [6, 6.07) is 0. The highest BCUT2D eigenvalue weighted by molar-refractivity contribution is 5.81. The Morgan fingerprint density at radius 1 is 1.14 bits per heavy atom. The van der Waals surface area contributed by atoms with Gasteiger partial charge in [-0.25, -0.2) is 0 Å². The van der Waals surface area contributed by atoms with Gasteiger partial charge in [-0.15, -0.1) is 0 Å². The molecule has 84 valence electrons. The lowest BCUT2D eigenvalue weighted by molar-refractivity contribution is -0.122. The third-order valence-corrected chi connectivity index (χ3v) is 2.65. The van der Waals surface area contributed by atoms with E-state index in [4.69, 9.17) is 5.73 Å². The van der Waals surface area contributed by atoms with E-state index in [9.17, 15) is 4.79 Å². The number of unbranched alkanes of at least 4 members (excludes halogenated alkanes) is 3. The molecule has 14 heavy (non-hydrogen) atoms. The van der Waals surface area contributed by atoms with Crippen LogP contribution >= 0.6 is 0 Å². The summed E-state index contributed by atoms with van der Waals surface area (Å²) in [4.78, 5) is 11.6.